The van der Waals surface area contributed by atoms with Gasteiger partial charge in [0.15, 0.2) is 0 Å². The summed E-state index contributed by atoms with van der Waals surface area (Å²) in [4.78, 5) is 4.47. The molecule has 0 aromatic rings. The van der Waals surface area contributed by atoms with Crippen LogP contribution in [0.4, 0.5) is 0 Å². The molecule has 2 atom stereocenters. The van der Waals surface area contributed by atoms with Crippen molar-refractivity contribution in [2.75, 3.05) is 0 Å². The summed E-state index contributed by atoms with van der Waals surface area (Å²) in [5.41, 5.74) is 6.55. The normalized spacial score (nSPS) is 40.7. The van der Waals surface area contributed by atoms with Crippen molar-refractivity contribution in [2.45, 2.75) is 12.5 Å². The molecule has 0 saturated heterocycles. The summed E-state index contributed by atoms with van der Waals surface area (Å²) in [6, 6.07) is 0.476. The van der Waals surface area contributed by atoms with Crippen LogP contribution in [0.1, 0.15) is 6.42 Å². The first kappa shape index (κ1) is 4.70. The van der Waals surface area contributed by atoms with E-state index in [1.54, 1.807) is 16.7 Å². The molecule has 0 aromatic carbocycles. The standard InChI is InChI=1S/C10H7N/c1-2-5-6-4-7-8(6)9(7)10(5)11-3-1/h1-3,8,10H,4H2. The van der Waals surface area contributed by atoms with Gasteiger partial charge >= 0.3 is 0 Å². The van der Waals surface area contributed by atoms with Crippen molar-refractivity contribution in [1.29, 1.82) is 0 Å². The molecule has 11 heavy (non-hydrogen) atoms. The maximum Gasteiger partial charge on any atom is 0.0971 e. The van der Waals surface area contributed by atoms with Gasteiger partial charge in [0, 0.05) is 12.1 Å². The molecule has 0 amide bonds. The lowest BCUT2D eigenvalue weighted by Crippen LogP contribution is -2.10. The molecule has 1 fully saturated rings. The van der Waals surface area contributed by atoms with Crippen LogP contribution < -0.4 is 0 Å². The summed E-state index contributed by atoms with van der Waals surface area (Å²) in [5.74, 6) is 0.829. The second-order valence-electron chi connectivity index (χ2n) is 3.63. The van der Waals surface area contributed by atoms with E-state index in [1.807, 2.05) is 6.21 Å². The van der Waals surface area contributed by atoms with Crippen LogP contribution in [0.15, 0.2) is 39.4 Å². The molecule has 0 radical (unpaired) electrons. The Bertz CT molecular complexity index is 393. The molecule has 1 heteroatoms. The first-order valence-corrected chi connectivity index (χ1v) is 4.12. The van der Waals surface area contributed by atoms with Gasteiger partial charge in [-0.2, -0.15) is 0 Å². The van der Waals surface area contributed by atoms with Crippen LogP contribution >= 0.6 is 0 Å². The third-order valence-electron chi connectivity index (χ3n) is 3.23. The Kier molecular flexibility index (Phi) is 0.494. The summed E-state index contributed by atoms with van der Waals surface area (Å²) in [6.07, 6.45) is 7.51. The molecule has 4 aliphatic rings. The molecule has 1 nitrogen and oxygen atoms in total. The molecule has 0 bridgehead atoms. The van der Waals surface area contributed by atoms with Gasteiger partial charge in [-0.05, 0) is 29.2 Å². The van der Waals surface area contributed by atoms with Gasteiger partial charge in [0.2, 0.25) is 0 Å². The second-order valence-corrected chi connectivity index (χ2v) is 3.63. The van der Waals surface area contributed by atoms with E-state index in [-0.39, 0.29) is 0 Å². The summed E-state index contributed by atoms with van der Waals surface area (Å²) in [5, 5.41) is 0. The molecular formula is C10H7N. The fourth-order valence-corrected chi connectivity index (χ4v) is 2.65. The highest BCUT2D eigenvalue weighted by molar-refractivity contribution is 5.82. The second kappa shape index (κ2) is 1.15. The number of nitrogens with zero attached hydrogens (tertiary/aromatic N) is 1. The summed E-state index contributed by atoms with van der Waals surface area (Å²) >= 11 is 0. The van der Waals surface area contributed by atoms with Crippen molar-refractivity contribution >= 4 is 6.21 Å². The van der Waals surface area contributed by atoms with Crippen molar-refractivity contribution < 1.29 is 0 Å². The largest absolute Gasteiger partial charge is 0.281 e. The fourth-order valence-electron chi connectivity index (χ4n) is 2.65. The van der Waals surface area contributed by atoms with Gasteiger partial charge in [0.25, 0.3) is 0 Å². The van der Waals surface area contributed by atoms with Crippen LogP contribution in [-0.4, -0.2) is 12.3 Å². The average Bonchev–Trinajstić information content (AvgIpc) is 2.49. The van der Waals surface area contributed by atoms with Gasteiger partial charge in [-0.1, -0.05) is 11.6 Å². The highest BCUT2D eigenvalue weighted by Crippen LogP contribution is 2.68. The molecule has 4 rings (SSSR count). The Morgan fingerprint density at radius 3 is 3.27 bits per heavy atom. The van der Waals surface area contributed by atoms with E-state index in [1.165, 1.54) is 12.0 Å². The Morgan fingerprint density at radius 2 is 2.36 bits per heavy atom. The topological polar surface area (TPSA) is 12.4 Å². The molecule has 1 heterocycles. The number of hydrogen-bond acceptors (Lipinski definition) is 1. The summed E-state index contributed by atoms with van der Waals surface area (Å²) < 4.78 is 0. The van der Waals surface area contributed by atoms with Crippen molar-refractivity contribution in [3.63, 3.8) is 0 Å². The maximum atomic E-state index is 4.47. The first-order valence-electron chi connectivity index (χ1n) is 4.12. The predicted molar refractivity (Wildman–Crippen MR) is 43.6 cm³/mol. The Balaban J connectivity index is 2.03. The Labute approximate surface area is 64.8 Å². The molecule has 2 unspecified atom stereocenters. The van der Waals surface area contributed by atoms with Gasteiger partial charge < -0.3 is 0 Å². The maximum absolute atomic E-state index is 4.47. The zero-order valence-corrected chi connectivity index (χ0v) is 6.04. The highest BCUT2D eigenvalue weighted by Gasteiger charge is 2.58. The minimum Gasteiger partial charge on any atom is -0.281 e. The van der Waals surface area contributed by atoms with Crippen molar-refractivity contribution in [1.82, 2.24) is 0 Å². The number of allylic oxidation sites excluding steroid dienone is 3. The molecular weight excluding hydrogens is 134 g/mol. The van der Waals surface area contributed by atoms with Crippen LogP contribution in [0.2, 0.25) is 0 Å². The zero-order chi connectivity index (χ0) is 7.00. The van der Waals surface area contributed by atoms with Crippen molar-refractivity contribution in [3.05, 3.63) is 34.4 Å². The van der Waals surface area contributed by atoms with Gasteiger partial charge in [0.1, 0.15) is 0 Å². The van der Waals surface area contributed by atoms with E-state index in [4.69, 9.17) is 0 Å². The zero-order valence-electron chi connectivity index (χ0n) is 6.04. The number of hydrogen-bond donors (Lipinski definition) is 0. The van der Waals surface area contributed by atoms with E-state index < -0.39 is 0 Å². The van der Waals surface area contributed by atoms with E-state index >= 15 is 0 Å². The smallest absolute Gasteiger partial charge is 0.0971 e. The number of fused-ring (bicyclic) bond motifs is 2. The summed E-state index contributed by atoms with van der Waals surface area (Å²) in [7, 11) is 0. The lowest BCUT2D eigenvalue weighted by Gasteiger charge is -2.19. The first-order chi connectivity index (χ1) is 5.47. The van der Waals surface area contributed by atoms with E-state index in [2.05, 4.69) is 17.1 Å². The molecule has 1 saturated carbocycles. The third kappa shape index (κ3) is 0.328. The van der Waals surface area contributed by atoms with Gasteiger partial charge in [-0.3, -0.25) is 4.99 Å². The average molecular weight is 141 g/mol. The lowest BCUT2D eigenvalue weighted by molar-refractivity contribution is 0.845. The monoisotopic (exact) mass is 141 g/mol. The molecule has 52 valence electrons. The molecule has 0 N–H and O–H groups in total. The van der Waals surface area contributed by atoms with Crippen LogP contribution in [0, 0.1) is 5.92 Å². The van der Waals surface area contributed by atoms with Gasteiger partial charge in [-0.25, -0.2) is 0 Å². The van der Waals surface area contributed by atoms with Gasteiger partial charge in [0.05, 0.1) is 6.04 Å². The number of aliphatic imine (C=N–C) groups is 1. The lowest BCUT2D eigenvalue weighted by atomic mass is 9.87. The van der Waals surface area contributed by atoms with Crippen LogP contribution in [0.3, 0.4) is 0 Å². The quantitative estimate of drug-likeness (QED) is 0.455. The van der Waals surface area contributed by atoms with E-state index in [0.717, 1.165) is 5.92 Å². The number of rotatable bonds is 0. The molecule has 1 aliphatic heterocycles. The number of dihydropyridines is 1. The SMILES string of the molecule is C1=CC2=C3CC4=C(C2N=C1)C34. The van der Waals surface area contributed by atoms with Crippen LogP contribution in [0.25, 0.3) is 0 Å². The fraction of sp³-hybridized carbons (Fsp3) is 0.300. The minimum absolute atomic E-state index is 0.476. The highest BCUT2D eigenvalue weighted by atomic mass is 14.9. The Hall–Kier alpha value is -1.11. The van der Waals surface area contributed by atoms with E-state index in [9.17, 15) is 0 Å². The third-order valence-corrected chi connectivity index (χ3v) is 3.23. The summed E-state index contributed by atoms with van der Waals surface area (Å²) in [6.45, 7) is 0. The molecule has 0 spiro atoms. The molecule has 3 aliphatic carbocycles. The van der Waals surface area contributed by atoms with E-state index in [0.29, 0.717) is 6.04 Å². The minimum atomic E-state index is 0.476. The predicted octanol–water partition coefficient (Wildman–Crippen LogP) is 1.64. The van der Waals surface area contributed by atoms with Crippen molar-refractivity contribution in [2.24, 2.45) is 10.9 Å². The van der Waals surface area contributed by atoms with Crippen molar-refractivity contribution in [3.8, 4) is 0 Å². The Morgan fingerprint density at radius 1 is 1.36 bits per heavy atom. The van der Waals surface area contributed by atoms with Crippen LogP contribution in [0.5, 0.6) is 0 Å². The molecule has 0 aromatic heterocycles. The van der Waals surface area contributed by atoms with Gasteiger partial charge in [-0.15, -0.1) is 0 Å². The van der Waals surface area contributed by atoms with Crippen LogP contribution in [-0.2, 0) is 0 Å².